The second-order valence-electron chi connectivity index (χ2n) is 6.73. The Labute approximate surface area is 174 Å². The molecule has 0 N–H and O–H groups in total. The number of carbonyl (C=O) groups excluding carboxylic acids is 1. The molecule has 0 aromatic heterocycles. The number of nitrogens with zero attached hydrogens (tertiary/aromatic N) is 3. The summed E-state index contributed by atoms with van der Waals surface area (Å²) in [6.07, 6.45) is 1.93. The van der Waals surface area contributed by atoms with Crippen molar-refractivity contribution in [1.82, 2.24) is 5.01 Å². The van der Waals surface area contributed by atoms with Gasteiger partial charge in [0.25, 0.3) is 5.69 Å². The number of esters is 1. The average Bonchev–Trinajstić information content (AvgIpc) is 3.20. The lowest BCUT2D eigenvalue weighted by atomic mass is 9.98. The summed E-state index contributed by atoms with van der Waals surface area (Å²) in [5.41, 5.74) is 2.99. The number of hydrazone groups is 1. The number of non-ortho nitro benzene ring substituents is 1. The predicted octanol–water partition coefficient (Wildman–Crippen LogP) is 4.22. The minimum absolute atomic E-state index is 0.00781. The van der Waals surface area contributed by atoms with Gasteiger partial charge in [-0.3, -0.25) is 15.1 Å². The van der Waals surface area contributed by atoms with Crippen molar-refractivity contribution in [3.05, 3.63) is 81.5 Å². The van der Waals surface area contributed by atoms with Crippen LogP contribution in [0.25, 0.3) is 0 Å². The SMILES string of the molecule is CCOC(=O)/C=C(/C)N1N=C(c2cccc([N+](=O)[O-])c2)C[C@@H]1c1ccc(OC)cc1. The number of nitro benzene ring substituents is 1. The zero-order valence-electron chi connectivity index (χ0n) is 17.1. The molecule has 156 valence electrons. The number of benzene rings is 2. The Bertz CT molecular complexity index is 998. The lowest BCUT2D eigenvalue weighted by Gasteiger charge is -2.24. The highest BCUT2D eigenvalue weighted by Gasteiger charge is 2.30. The van der Waals surface area contributed by atoms with Crippen molar-refractivity contribution in [2.75, 3.05) is 13.7 Å². The number of ether oxygens (including phenoxy) is 2. The van der Waals surface area contributed by atoms with Crippen LogP contribution < -0.4 is 4.74 Å². The Kier molecular flexibility index (Phi) is 6.46. The molecule has 0 saturated carbocycles. The van der Waals surface area contributed by atoms with E-state index in [1.807, 2.05) is 24.3 Å². The van der Waals surface area contributed by atoms with Crippen LogP contribution in [-0.4, -0.2) is 35.3 Å². The molecule has 1 atom stereocenters. The summed E-state index contributed by atoms with van der Waals surface area (Å²) in [6.45, 7) is 3.82. The molecule has 0 spiro atoms. The first kappa shape index (κ1) is 21.0. The molecular weight excluding hydrogens is 386 g/mol. The normalized spacial score (nSPS) is 16.2. The van der Waals surface area contributed by atoms with Gasteiger partial charge in [0, 0.05) is 35.9 Å². The Morgan fingerprint density at radius 1 is 1.30 bits per heavy atom. The van der Waals surface area contributed by atoms with E-state index in [4.69, 9.17) is 14.6 Å². The molecule has 3 rings (SSSR count). The van der Waals surface area contributed by atoms with Gasteiger partial charge in [-0.25, -0.2) is 4.79 Å². The number of carbonyl (C=O) groups is 1. The Morgan fingerprint density at radius 3 is 2.67 bits per heavy atom. The van der Waals surface area contributed by atoms with Crippen molar-refractivity contribution in [3.63, 3.8) is 0 Å². The standard InChI is InChI=1S/C22H23N3O5/c1-4-30-22(26)12-15(2)24-21(16-8-10-19(29-3)11-9-16)14-20(23-24)17-6-5-7-18(13-17)25(27)28/h5-13,21H,4,14H2,1-3H3/b15-12-/t21-/m1/s1. The maximum absolute atomic E-state index is 11.9. The van der Waals surface area contributed by atoms with E-state index in [0.29, 0.717) is 23.4 Å². The molecule has 0 radical (unpaired) electrons. The highest BCUT2D eigenvalue weighted by atomic mass is 16.6. The van der Waals surface area contributed by atoms with Crippen LogP contribution in [0, 0.1) is 10.1 Å². The number of rotatable bonds is 7. The van der Waals surface area contributed by atoms with Gasteiger partial charge in [0.05, 0.1) is 30.4 Å². The van der Waals surface area contributed by atoms with Crippen LogP contribution in [0.4, 0.5) is 5.69 Å². The zero-order chi connectivity index (χ0) is 21.7. The van der Waals surface area contributed by atoms with E-state index in [-0.39, 0.29) is 18.3 Å². The molecule has 0 fully saturated rings. The molecule has 1 aliphatic rings. The molecule has 8 nitrogen and oxygen atoms in total. The quantitative estimate of drug-likeness (QED) is 0.294. The van der Waals surface area contributed by atoms with E-state index in [2.05, 4.69) is 0 Å². The lowest BCUT2D eigenvalue weighted by Crippen LogP contribution is -2.18. The number of methoxy groups -OCH3 is 1. The topological polar surface area (TPSA) is 94.3 Å². The van der Waals surface area contributed by atoms with Crippen molar-refractivity contribution in [3.8, 4) is 5.75 Å². The largest absolute Gasteiger partial charge is 0.497 e. The van der Waals surface area contributed by atoms with Gasteiger partial charge >= 0.3 is 5.97 Å². The fourth-order valence-corrected chi connectivity index (χ4v) is 3.32. The Balaban J connectivity index is 1.98. The summed E-state index contributed by atoms with van der Waals surface area (Å²) in [5.74, 6) is 0.296. The van der Waals surface area contributed by atoms with Crippen molar-refractivity contribution in [2.45, 2.75) is 26.3 Å². The van der Waals surface area contributed by atoms with E-state index in [9.17, 15) is 14.9 Å². The van der Waals surface area contributed by atoms with Crippen LogP contribution in [0.3, 0.4) is 0 Å². The number of hydrogen-bond acceptors (Lipinski definition) is 7. The minimum Gasteiger partial charge on any atom is -0.497 e. The fourth-order valence-electron chi connectivity index (χ4n) is 3.32. The molecule has 0 saturated heterocycles. The summed E-state index contributed by atoms with van der Waals surface area (Å²) in [7, 11) is 1.60. The van der Waals surface area contributed by atoms with E-state index >= 15 is 0 Å². The third kappa shape index (κ3) is 4.65. The van der Waals surface area contributed by atoms with E-state index < -0.39 is 10.9 Å². The highest BCUT2D eigenvalue weighted by Crippen LogP contribution is 2.36. The molecule has 1 heterocycles. The minimum atomic E-state index is -0.442. The van der Waals surface area contributed by atoms with Gasteiger partial charge in [0.15, 0.2) is 0 Å². The molecule has 0 bridgehead atoms. The third-order valence-electron chi connectivity index (χ3n) is 4.78. The maximum Gasteiger partial charge on any atom is 0.332 e. The van der Waals surface area contributed by atoms with Gasteiger partial charge in [-0.05, 0) is 31.5 Å². The van der Waals surface area contributed by atoms with Crippen molar-refractivity contribution in [2.24, 2.45) is 5.10 Å². The second-order valence-corrected chi connectivity index (χ2v) is 6.73. The molecule has 0 amide bonds. The van der Waals surface area contributed by atoms with Gasteiger partial charge in [0.2, 0.25) is 0 Å². The van der Waals surface area contributed by atoms with Crippen LogP contribution >= 0.6 is 0 Å². The van der Waals surface area contributed by atoms with Crippen molar-refractivity contribution < 1.29 is 19.2 Å². The van der Waals surface area contributed by atoms with Crippen LogP contribution in [-0.2, 0) is 9.53 Å². The third-order valence-corrected chi connectivity index (χ3v) is 4.78. The summed E-state index contributed by atoms with van der Waals surface area (Å²) in [4.78, 5) is 22.7. The van der Waals surface area contributed by atoms with Crippen LogP contribution in [0.2, 0.25) is 0 Å². The molecule has 2 aromatic rings. The lowest BCUT2D eigenvalue weighted by molar-refractivity contribution is -0.384. The molecule has 0 unspecified atom stereocenters. The Hall–Kier alpha value is -3.68. The van der Waals surface area contributed by atoms with E-state index in [1.54, 1.807) is 38.1 Å². The number of nitro groups is 1. The molecule has 1 aliphatic heterocycles. The first-order chi connectivity index (χ1) is 14.4. The van der Waals surface area contributed by atoms with Crippen LogP contribution in [0.15, 0.2) is 65.4 Å². The average molecular weight is 409 g/mol. The molecule has 0 aliphatic carbocycles. The van der Waals surface area contributed by atoms with Crippen molar-refractivity contribution >= 4 is 17.4 Å². The monoisotopic (exact) mass is 409 g/mol. The first-order valence-electron chi connectivity index (χ1n) is 9.53. The zero-order valence-corrected chi connectivity index (χ0v) is 17.1. The fraction of sp³-hybridized carbons (Fsp3) is 0.273. The summed E-state index contributed by atoms with van der Waals surface area (Å²) in [6, 6.07) is 13.8. The van der Waals surface area contributed by atoms with E-state index in [0.717, 1.165) is 11.3 Å². The molecule has 30 heavy (non-hydrogen) atoms. The molecule has 2 aromatic carbocycles. The molecule has 8 heteroatoms. The summed E-state index contributed by atoms with van der Waals surface area (Å²) < 4.78 is 10.2. The van der Waals surface area contributed by atoms with Gasteiger partial charge < -0.3 is 9.47 Å². The summed E-state index contributed by atoms with van der Waals surface area (Å²) in [5, 5.41) is 17.6. The van der Waals surface area contributed by atoms with Gasteiger partial charge in [-0.2, -0.15) is 5.10 Å². The van der Waals surface area contributed by atoms with Crippen LogP contribution in [0.1, 0.15) is 37.4 Å². The maximum atomic E-state index is 11.9. The van der Waals surface area contributed by atoms with Crippen molar-refractivity contribution in [1.29, 1.82) is 0 Å². The first-order valence-corrected chi connectivity index (χ1v) is 9.53. The van der Waals surface area contributed by atoms with Gasteiger partial charge in [-0.15, -0.1) is 0 Å². The number of hydrogen-bond donors (Lipinski definition) is 0. The molecular formula is C22H23N3O5. The second kappa shape index (κ2) is 9.21. The Morgan fingerprint density at radius 2 is 2.03 bits per heavy atom. The van der Waals surface area contributed by atoms with Crippen LogP contribution in [0.5, 0.6) is 5.75 Å². The van der Waals surface area contributed by atoms with Gasteiger partial charge in [-0.1, -0.05) is 24.3 Å². The predicted molar refractivity (Wildman–Crippen MR) is 112 cm³/mol. The van der Waals surface area contributed by atoms with Gasteiger partial charge in [0.1, 0.15) is 5.75 Å². The number of allylic oxidation sites excluding steroid dienone is 1. The smallest absolute Gasteiger partial charge is 0.332 e. The van der Waals surface area contributed by atoms with E-state index in [1.165, 1.54) is 18.2 Å². The summed E-state index contributed by atoms with van der Waals surface area (Å²) >= 11 is 0. The highest BCUT2D eigenvalue weighted by molar-refractivity contribution is 6.02.